The standard InChI is InChI=1S/C8H11N3O/c1-2-10-8(11-3-1)6-12-7-4-9-5-7/h1-3,7,9H,4-6H2. The molecule has 0 saturated carbocycles. The lowest BCUT2D eigenvalue weighted by Crippen LogP contribution is -2.48. The molecule has 0 unspecified atom stereocenters. The lowest BCUT2D eigenvalue weighted by atomic mass is 10.2. The van der Waals surface area contributed by atoms with E-state index in [-0.39, 0.29) is 0 Å². The minimum absolute atomic E-state index is 0.355. The molecule has 2 rings (SSSR count). The van der Waals surface area contributed by atoms with E-state index in [9.17, 15) is 0 Å². The first kappa shape index (κ1) is 7.64. The molecule has 1 fully saturated rings. The van der Waals surface area contributed by atoms with Crippen LogP contribution in [0.3, 0.4) is 0 Å². The van der Waals surface area contributed by atoms with Crippen LogP contribution in [0.4, 0.5) is 0 Å². The first-order valence-corrected chi connectivity index (χ1v) is 4.03. The van der Waals surface area contributed by atoms with Gasteiger partial charge in [-0.2, -0.15) is 0 Å². The molecule has 0 amide bonds. The van der Waals surface area contributed by atoms with Crippen molar-refractivity contribution >= 4 is 0 Å². The molecular formula is C8H11N3O. The summed E-state index contributed by atoms with van der Waals surface area (Å²) in [5.41, 5.74) is 0. The summed E-state index contributed by atoms with van der Waals surface area (Å²) in [5.74, 6) is 0.754. The average Bonchev–Trinajstić information content (AvgIpc) is 2.04. The van der Waals surface area contributed by atoms with Gasteiger partial charge in [-0.05, 0) is 6.07 Å². The summed E-state index contributed by atoms with van der Waals surface area (Å²) >= 11 is 0. The predicted octanol–water partition coefficient (Wildman–Crippen LogP) is -0.0350. The van der Waals surface area contributed by atoms with Gasteiger partial charge in [0, 0.05) is 25.5 Å². The van der Waals surface area contributed by atoms with Crippen molar-refractivity contribution in [2.45, 2.75) is 12.7 Å². The lowest BCUT2D eigenvalue weighted by molar-refractivity contribution is 0.00438. The van der Waals surface area contributed by atoms with Gasteiger partial charge in [-0.3, -0.25) is 0 Å². The van der Waals surface area contributed by atoms with Crippen molar-refractivity contribution in [3.8, 4) is 0 Å². The van der Waals surface area contributed by atoms with Crippen LogP contribution in [0, 0.1) is 0 Å². The molecule has 0 aliphatic carbocycles. The molecule has 1 aromatic heterocycles. The van der Waals surface area contributed by atoms with Gasteiger partial charge >= 0.3 is 0 Å². The Balaban J connectivity index is 1.79. The van der Waals surface area contributed by atoms with Crippen LogP contribution in [-0.2, 0) is 11.3 Å². The Morgan fingerprint density at radius 1 is 1.42 bits per heavy atom. The second-order valence-electron chi connectivity index (χ2n) is 2.76. The van der Waals surface area contributed by atoms with Gasteiger partial charge in [-0.15, -0.1) is 0 Å². The number of hydrogen-bond acceptors (Lipinski definition) is 4. The average molecular weight is 165 g/mol. The number of aromatic nitrogens is 2. The van der Waals surface area contributed by atoms with E-state index in [4.69, 9.17) is 4.74 Å². The molecule has 1 aliphatic rings. The third-order valence-electron chi connectivity index (χ3n) is 1.81. The van der Waals surface area contributed by atoms with E-state index in [2.05, 4.69) is 15.3 Å². The number of nitrogens with one attached hydrogen (secondary N) is 1. The molecule has 0 bridgehead atoms. The van der Waals surface area contributed by atoms with Crippen LogP contribution in [0.2, 0.25) is 0 Å². The third-order valence-corrected chi connectivity index (χ3v) is 1.81. The molecule has 1 aromatic rings. The molecule has 1 N–H and O–H groups in total. The summed E-state index contributed by atoms with van der Waals surface area (Å²) in [7, 11) is 0. The van der Waals surface area contributed by atoms with Crippen molar-refractivity contribution in [2.75, 3.05) is 13.1 Å². The van der Waals surface area contributed by atoms with E-state index >= 15 is 0 Å². The second kappa shape index (κ2) is 3.60. The summed E-state index contributed by atoms with van der Waals surface area (Å²) in [4.78, 5) is 8.11. The Bertz CT molecular complexity index is 235. The van der Waals surface area contributed by atoms with Gasteiger partial charge in [0.25, 0.3) is 0 Å². The van der Waals surface area contributed by atoms with Crippen LogP contribution in [0.1, 0.15) is 5.82 Å². The summed E-state index contributed by atoms with van der Waals surface area (Å²) in [6.07, 6.45) is 3.81. The summed E-state index contributed by atoms with van der Waals surface area (Å²) in [6, 6.07) is 1.80. The van der Waals surface area contributed by atoms with Gasteiger partial charge in [-0.25, -0.2) is 9.97 Å². The highest BCUT2D eigenvalue weighted by Crippen LogP contribution is 2.01. The summed E-state index contributed by atoms with van der Waals surface area (Å²) < 4.78 is 5.48. The second-order valence-corrected chi connectivity index (χ2v) is 2.76. The molecule has 1 saturated heterocycles. The number of rotatable bonds is 3. The van der Waals surface area contributed by atoms with Crippen molar-refractivity contribution in [1.82, 2.24) is 15.3 Å². The van der Waals surface area contributed by atoms with Gasteiger partial charge in [0.2, 0.25) is 0 Å². The Morgan fingerprint density at radius 3 is 2.75 bits per heavy atom. The number of hydrogen-bond donors (Lipinski definition) is 1. The SMILES string of the molecule is c1cnc(COC2CNC2)nc1. The maximum Gasteiger partial charge on any atom is 0.153 e. The van der Waals surface area contributed by atoms with E-state index < -0.39 is 0 Å². The Hall–Kier alpha value is -1.00. The molecule has 4 nitrogen and oxygen atoms in total. The van der Waals surface area contributed by atoms with E-state index in [1.165, 1.54) is 0 Å². The first-order chi connectivity index (χ1) is 5.95. The number of ether oxygens (including phenoxy) is 1. The summed E-state index contributed by atoms with van der Waals surface area (Å²) in [5, 5.41) is 3.13. The zero-order valence-corrected chi connectivity index (χ0v) is 6.73. The van der Waals surface area contributed by atoms with Crippen molar-refractivity contribution in [3.05, 3.63) is 24.3 Å². The fourth-order valence-electron chi connectivity index (χ4n) is 0.977. The Kier molecular flexibility index (Phi) is 2.29. The normalized spacial score (nSPS) is 17.3. The van der Waals surface area contributed by atoms with E-state index in [1.807, 2.05) is 0 Å². The highest BCUT2D eigenvalue weighted by atomic mass is 16.5. The van der Waals surface area contributed by atoms with Crippen LogP contribution in [0.25, 0.3) is 0 Å². The van der Waals surface area contributed by atoms with E-state index in [1.54, 1.807) is 18.5 Å². The van der Waals surface area contributed by atoms with Crippen LogP contribution < -0.4 is 5.32 Å². The quantitative estimate of drug-likeness (QED) is 0.683. The molecule has 1 aliphatic heterocycles. The highest BCUT2D eigenvalue weighted by molar-refractivity contribution is 4.87. The van der Waals surface area contributed by atoms with Crippen molar-refractivity contribution in [3.63, 3.8) is 0 Å². The molecule has 0 aromatic carbocycles. The van der Waals surface area contributed by atoms with Gasteiger partial charge in [-0.1, -0.05) is 0 Å². The fraction of sp³-hybridized carbons (Fsp3) is 0.500. The topological polar surface area (TPSA) is 47.0 Å². The smallest absolute Gasteiger partial charge is 0.153 e. The molecule has 12 heavy (non-hydrogen) atoms. The predicted molar refractivity (Wildman–Crippen MR) is 43.5 cm³/mol. The van der Waals surface area contributed by atoms with Crippen molar-refractivity contribution in [1.29, 1.82) is 0 Å². The van der Waals surface area contributed by atoms with E-state index in [0.717, 1.165) is 18.9 Å². The first-order valence-electron chi connectivity index (χ1n) is 4.03. The van der Waals surface area contributed by atoms with Crippen LogP contribution in [0.15, 0.2) is 18.5 Å². The zero-order chi connectivity index (χ0) is 8.23. The molecule has 4 heteroatoms. The van der Waals surface area contributed by atoms with Crippen LogP contribution >= 0.6 is 0 Å². The van der Waals surface area contributed by atoms with E-state index in [0.29, 0.717) is 12.7 Å². The molecule has 2 heterocycles. The minimum Gasteiger partial charge on any atom is -0.368 e. The van der Waals surface area contributed by atoms with Gasteiger partial charge in [0.15, 0.2) is 5.82 Å². The molecule has 0 atom stereocenters. The minimum atomic E-state index is 0.355. The Labute approximate surface area is 71.0 Å². The van der Waals surface area contributed by atoms with Crippen LogP contribution in [-0.4, -0.2) is 29.2 Å². The third kappa shape index (κ3) is 1.78. The lowest BCUT2D eigenvalue weighted by Gasteiger charge is -2.26. The largest absolute Gasteiger partial charge is 0.368 e. The summed E-state index contributed by atoms with van der Waals surface area (Å²) in [6.45, 7) is 2.42. The molecule has 0 radical (unpaired) electrons. The highest BCUT2D eigenvalue weighted by Gasteiger charge is 2.16. The van der Waals surface area contributed by atoms with Crippen molar-refractivity contribution < 1.29 is 4.74 Å². The van der Waals surface area contributed by atoms with Crippen LogP contribution in [0.5, 0.6) is 0 Å². The molecule has 64 valence electrons. The van der Waals surface area contributed by atoms with Gasteiger partial charge < -0.3 is 10.1 Å². The zero-order valence-electron chi connectivity index (χ0n) is 6.73. The van der Waals surface area contributed by atoms with Crippen molar-refractivity contribution in [2.24, 2.45) is 0 Å². The van der Waals surface area contributed by atoms with Gasteiger partial charge in [0.05, 0.1) is 6.10 Å². The monoisotopic (exact) mass is 165 g/mol. The maximum atomic E-state index is 5.48. The van der Waals surface area contributed by atoms with Gasteiger partial charge in [0.1, 0.15) is 6.61 Å². The number of nitrogens with zero attached hydrogens (tertiary/aromatic N) is 2. The maximum absolute atomic E-state index is 5.48. The Morgan fingerprint density at radius 2 is 2.17 bits per heavy atom. The molecular weight excluding hydrogens is 154 g/mol. The fourth-order valence-corrected chi connectivity index (χ4v) is 0.977. The molecule has 0 spiro atoms.